The zero-order valence-electron chi connectivity index (χ0n) is 15.4. The van der Waals surface area contributed by atoms with Gasteiger partial charge in [0, 0.05) is 18.2 Å². The lowest BCUT2D eigenvalue weighted by molar-refractivity contribution is -0.130. The number of hydrogen-bond donors (Lipinski definition) is 1. The SMILES string of the molecule is CC(C)OCCN1C(=O)C(O)=C(C(=O)C(C)(C)C)C1c1ccccn1. The largest absolute Gasteiger partial charge is 0.503 e. The Labute approximate surface area is 148 Å². The minimum Gasteiger partial charge on any atom is -0.503 e. The second-order valence-electron chi connectivity index (χ2n) is 7.42. The smallest absolute Gasteiger partial charge is 0.290 e. The molecule has 6 heteroatoms. The van der Waals surface area contributed by atoms with Gasteiger partial charge in [-0.2, -0.15) is 0 Å². The molecule has 0 radical (unpaired) electrons. The number of Topliss-reactive ketones (excluding diaryl/α,β-unsaturated/α-hetero) is 1. The van der Waals surface area contributed by atoms with Gasteiger partial charge in [-0.3, -0.25) is 14.6 Å². The van der Waals surface area contributed by atoms with E-state index in [1.807, 2.05) is 13.8 Å². The van der Waals surface area contributed by atoms with E-state index >= 15 is 0 Å². The van der Waals surface area contributed by atoms with Crippen molar-refractivity contribution >= 4 is 11.7 Å². The number of aliphatic hydroxyl groups is 1. The Morgan fingerprint density at radius 1 is 1.36 bits per heavy atom. The molecule has 0 spiro atoms. The van der Waals surface area contributed by atoms with Crippen LogP contribution in [-0.2, 0) is 14.3 Å². The minimum atomic E-state index is -0.721. The summed E-state index contributed by atoms with van der Waals surface area (Å²) in [5.41, 5.74) is -0.0565. The van der Waals surface area contributed by atoms with Crippen molar-refractivity contribution in [3.8, 4) is 0 Å². The van der Waals surface area contributed by atoms with Crippen molar-refractivity contribution in [1.29, 1.82) is 0 Å². The molecular formula is C19H26N2O4. The van der Waals surface area contributed by atoms with E-state index in [9.17, 15) is 14.7 Å². The number of ether oxygens (including phenoxy) is 1. The molecule has 1 unspecified atom stereocenters. The molecule has 25 heavy (non-hydrogen) atoms. The molecule has 1 N–H and O–H groups in total. The normalized spacial score (nSPS) is 18.4. The highest BCUT2D eigenvalue weighted by Crippen LogP contribution is 2.39. The number of pyridine rings is 1. The molecule has 0 saturated carbocycles. The zero-order chi connectivity index (χ0) is 18.8. The van der Waals surface area contributed by atoms with Gasteiger partial charge in [0.15, 0.2) is 11.5 Å². The first-order valence-electron chi connectivity index (χ1n) is 8.46. The van der Waals surface area contributed by atoms with Crippen LogP contribution in [0.3, 0.4) is 0 Å². The summed E-state index contributed by atoms with van der Waals surface area (Å²) in [6.45, 7) is 9.69. The lowest BCUT2D eigenvalue weighted by Gasteiger charge is -2.28. The highest BCUT2D eigenvalue weighted by molar-refractivity contribution is 6.10. The molecule has 136 valence electrons. The van der Waals surface area contributed by atoms with Gasteiger partial charge in [-0.15, -0.1) is 0 Å². The van der Waals surface area contributed by atoms with Crippen LogP contribution < -0.4 is 0 Å². The predicted molar refractivity (Wildman–Crippen MR) is 93.9 cm³/mol. The monoisotopic (exact) mass is 346 g/mol. The Bertz CT molecular complexity index is 674. The van der Waals surface area contributed by atoms with E-state index in [1.165, 1.54) is 4.90 Å². The molecule has 1 aromatic heterocycles. The number of carbonyl (C=O) groups is 2. The first kappa shape index (κ1) is 19.1. The van der Waals surface area contributed by atoms with Gasteiger partial charge in [-0.25, -0.2) is 0 Å². The average molecular weight is 346 g/mol. The van der Waals surface area contributed by atoms with Crippen molar-refractivity contribution in [2.24, 2.45) is 5.41 Å². The van der Waals surface area contributed by atoms with E-state index in [1.54, 1.807) is 45.2 Å². The molecule has 1 amide bonds. The number of aromatic nitrogens is 1. The summed E-state index contributed by atoms with van der Waals surface area (Å²) in [5, 5.41) is 10.4. The summed E-state index contributed by atoms with van der Waals surface area (Å²) >= 11 is 0. The molecule has 1 aliphatic rings. The molecule has 0 fully saturated rings. The van der Waals surface area contributed by atoms with Crippen LogP contribution in [0, 0.1) is 5.41 Å². The molecule has 2 heterocycles. The van der Waals surface area contributed by atoms with Crippen molar-refractivity contribution < 1.29 is 19.4 Å². The number of hydrogen-bond acceptors (Lipinski definition) is 5. The van der Waals surface area contributed by atoms with E-state index < -0.39 is 23.1 Å². The summed E-state index contributed by atoms with van der Waals surface area (Å²) in [6.07, 6.45) is 1.64. The van der Waals surface area contributed by atoms with Crippen molar-refractivity contribution in [1.82, 2.24) is 9.88 Å². The number of ketones is 1. The molecule has 0 bridgehead atoms. The van der Waals surface area contributed by atoms with Gasteiger partial charge < -0.3 is 14.7 Å². The van der Waals surface area contributed by atoms with E-state index in [4.69, 9.17) is 4.74 Å². The highest BCUT2D eigenvalue weighted by Gasteiger charge is 2.46. The molecule has 1 atom stereocenters. The van der Waals surface area contributed by atoms with Gasteiger partial charge in [-0.1, -0.05) is 26.8 Å². The van der Waals surface area contributed by atoms with Gasteiger partial charge in [-0.05, 0) is 26.0 Å². The van der Waals surface area contributed by atoms with Gasteiger partial charge in [0.05, 0.1) is 24.0 Å². The Kier molecular flexibility index (Phi) is 5.62. The molecule has 6 nitrogen and oxygen atoms in total. The summed E-state index contributed by atoms with van der Waals surface area (Å²) in [7, 11) is 0. The van der Waals surface area contributed by atoms with Gasteiger partial charge in [0.1, 0.15) is 6.04 Å². The van der Waals surface area contributed by atoms with Crippen LogP contribution >= 0.6 is 0 Å². The molecular weight excluding hydrogens is 320 g/mol. The molecule has 1 aromatic rings. The fourth-order valence-corrected chi connectivity index (χ4v) is 2.75. The Balaban J connectivity index is 2.42. The Morgan fingerprint density at radius 2 is 2.04 bits per heavy atom. The third kappa shape index (κ3) is 4.07. The van der Waals surface area contributed by atoms with Crippen LogP contribution in [0.5, 0.6) is 0 Å². The first-order valence-corrected chi connectivity index (χ1v) is 8.46. The van der Waals surface area contributed by atoms with Gasteiger partial charge >= 0.3 is 0 Å². The average Bonchev–Trinajstić information content (AvgIpc) is 2.78. The predicted octanol–water partition coefficient (Wildman–Crippen LogP) is 2.82. The van der Waals surface area contributed by atoms with Crippen molar-refractivity contribution in [3.05, 3.63) is 41.4 Å². The minimum absolute atomic E-state index is 0.0308. The lowest BCUT2D eigenvalue weighted by Crippen LogP contribution is -2.36. The van der Waals surface area contributed by atoms with E-state index in [0.29, 0.717) is 12.3 Å². The number of carbonyl (C=O) groups excluding carboxylic acids is 2. The number of nitrogens with zero attached hydrogens (tertiary/aromatic N) is 2. The standard InChI is InChI=1S/C19H26N2O4/c1-12(2)25-11-10-21-15(13-8-6-7-9-20-13)14(16(22)18(21)24)17(23)19(3,4)5/h6-9,12,15,22H,10-11H2,1-5H3. The third-order valence-corrected chi connectivity index (χ3v) is 3.98. The summed E-state index contributed by atoms with van der Waals surface area (Å²) < 4.78 is 5.54. The van der Waals surface area contributed by atoms with Crippen LogP contribution in [0.15, 0.2) is 35.7 Å². The fraction of sp³-hybridized carbons (Fsp3) is 0.526. The molecule has 0 saturated heterocycles. The van der Waals surface area contributed by atoms with Crippen LogP contribution in [0.25, 0.3) is 0 Å². The molecule has 0 aliphatic carbocycles. The van der Waals surface area contributed by atoms with Crippen LogP contribution in [0.1, 0.15) is 46.4 Å². The lowest BCUT2D eigenvalue weighted by atomic mass is 9.83. The molecule has 1 aliphatic heterocycles. The molecule has 2 rings (SSSR count). The van der Waals surface area contributed by atoms with E-state index in [2.05, 4.69) is 4.98 Å². The zero-order valence-corrected chi connectivity index (χ0v) is 15.4. The van der Waals surface area contributed by atoms with Crippen LogP contribution in [-0.4, -0.2) is 45.9 Å². The van der Waals surface area contributed by atoms with E-state index in [-0.39, 0.29) is 24.0 Å². The third-order valence-electron chi connectivity index (χ3n) is 3.98. The number of amides is 1. The van der Waals surface area contributed by atoms with Crippen LogP contribution in [0.4, 0.5) is 0 Å². The van der Waals surface area contributed by atoms with Crippen molar-refractivity contribution in [2.75, 3.05) is 13.2 Å². The van der Waals surface area contributed by atoms with Gasteiger partial charge in [0.2, 0.25) is 0 Å². The Morgan fingerprint density at radius 3 is 2.56 bits per heavy atom. The van der Waals surface area contributed by atoms with Gasteiger partial charge in [0.25, 0.3) is 5.91 Å². The Hall–Kier alpha value is -2.21. The number of rotatable bonds is 6. The first-order chi connectivity index (χ1) is 11.6. The van der Waals surface area contributed by atoms with Crippen molar-refractivity contribution in [2.45, 2.75) is 46.8 Å². The maximum absolute atomic E-state index is 12.9. The number of aliphatic hydroxyl groups excluding tert-OH is 1. The van der Waals surface area contributed by atoms with E-state index in [0.717, 1.165) is 0 Å². The summed E-state index contributed by atoms with van der Waals surface area (Å²) in [5.74, 6) is -1.31. The summed E-state index contributed by atoms with van der Waals surface area (Å²) in [4.78, 5) is 31.2. The quantitative estimate of drug-likeness (QED) is 0.857. The maximum Gasteiger partial charge on any atom is 0.290 e. The molecule has 0 aromatic carbocycles. The fourth-order valence-electron chi connectivity index (χ4n) is 2.75. The van der Waals surface area contributed by atoms with Crippen LogP contribution in [0.2, 0.25) is 0 Å². The highest BCUT2D eigenvalue weighted by atomic mass is 16.5. The second-order valence-corrected chi connectivity index (χ2v) is 7.42. The summed E-state index contributed by atoms with van der Waals surface area (Å²) in [6, 6.07) is 4.62. The second kappa shape index (κ2) is 7.35. The van der Waals surface area contributed by atoms with Crippen molar-refractivity contribution in [3.63, 3.8) is 0 Å². The maximum atomic E-state index is 12.9. The topological polar surface area (TPSA) is 79.7 Å².